The number of nitrogens with one attached hydrogen (secondary N) is 2. The molecule has 1 fully saturated rings. The molecule has 1 aliphatic rings. The lowest BCUT2D eigenvalue weighted by Crippen LogP contribution is -2.43. The Balaban J connectivity index is 0.00000242. The highest BCUT2D eigenvalue weighted by atomic mass is 35.5. The summed E-state index contributed by atoms with van der Waals surface area (Å²) in [5.74, 6) is -1.49. The summed E-state index contributed by atoms with van der Waals surface area (Å²) < 4.78 is 56.3. The Morgan fingerprint density at radius 3 is 2.73 bits per heavy atom. The first-order valence-corrected chi connectivity index (χ1v) is 6.34. The van der Waals surface area contributed by atoms with Gasteiger partial charge in [0.15, 0.2) is 0 Å². The van der Waals surface area contributed by atoms with Gasteiger partial charge < -0.3 is 15.4 Å². The zero-order valence-corrected chi connectivity index (χ0v) is 12.2. The van der Waals surface area contributed by atoms with Gasteiger partial charge in [0.05, 0.1) is 24.5 Å². The molecular formula is C13H15ClF4N2O2. The SMILES string of the molecule is Cl.O=C(CC1COCCN1)Nc1cc(C(F)(F)F)ccc1F. The van der Waals surface area contributed by atoms with Crippen LogP contribution in [0.3, 0.4) is 0 Å². The number of alkyl halides is 3. The summed E-state index contributed by atoms with van der Waals surface area (Å²) in [6.45, 7) is 1.47. The normalized spacial score (nSPS) is 18.5. The van der Waals surface area contributed by atoms with Crippen LogP contribution in [0.25, 0.3) is 0 Å². The molecule has 1 heterocycles. The maximum absolute atomic E-state index is 13.5. The minimum absolute atomic E-state index is 0. The van der Waals surface area contributed by atoms with Crippen molar-refractivity contribution in [2.45, 2.75) is 18.6 Å². The van der Waals surface area contributed by atoms with Crippen molar-refractivity contribution in [3.63, 3.8) is 0 Å². The number of benzene rings is 1. The van der Waals surface area contributed by atoms with E-state index in [9.17, 15) is 22.4 Å². The van der Waals surface area contributed by atoms with Gasteiger partial charge in [-0.25, -0.2) is 4.39 Å². The van der Waals surface area contributed by atoms with Crippen LogP contribution in [0, 0.1) is 5.82 Å². The summed E-state index contributed by atoms with van der Waals surface area (Å²) in [6.07, 6.45) is -4.60. The largest absolute Gasteiger partial charge is 0.416 e. The molecule has 0 bridgehead atoms. The lowest BCUT2D eigenvalue weighted by Gasteiger charge is -2.23. The highest BCUT2D eigenvalue weighted by Gasteiger charge is 2.31. The zero-order chi connectivity index (χ0) is 15.5. The van der Waals surface area contributed by atoms with Crippen molar-refractivity contribution in [3.8, 4) is 0 Å². The average Bonchev–Trinajstić information content (AvgIpc) is 2.41. The Morgan fingerprint density at radius 1 is 1.41 bits per heavy atom. The Kier molecular flexibility index (Phi) is 6.58. The number of anilines is 1. The molecule has 0 aliphatic carbocycles. The lowest BCUT2D eigenvalue weighted by atomic mass is 10.1. The van der Waals surface area contributed by atoms with Crippen LogP contribution in [0.4, 0.5) is 23.2 Å². The summed E-state index contributed by atoms with van der Waals surface area (Å²) in [6, 6.07) is 1.66. The van der Waals surface area contributed by atoms with Gasteiger partial charge in [-0.1, -0.05) is 0 Å². The number of hydrogen-bond donors (Lipinski definition) is 2. The second kappa shape index (κ2) is 7.75. The molecule has 4 nitrogen and oxygen atoms in total. The van der Waals surface area contributed by atoms with E-state index in [0.29, 0.717) is 38.0 Å². The molecule has 1 amide bonds. The van der Waals surface area contributed by atoms with Gasteiger partial charge in [0, 0.05) is 19.0 Å². The van der Waals surface area contributed by atoms with Gasteiger partial charge in [0.2, 0.25) is 5.91 Å². The number of carbonyl (C=O) groups is 1. The summed E-state index contributed by atoms with van der Waals surface area (Å²) in [5.41, 5.74) is -1.50. The fourth-order valence-electron chi connectivity index (χ4n) is 1.97. The Hall–Kier alpha value is -1.38. The number of carbonyl (C=O) groups excluding carboxylic acids is 1. The molecule has 0 saturated carbocycles. The van der Waals surface area contributed by atoms with Gasteiger partial charge in [-0.2, -0.15) is 13.2 Å². The minimum atomic E-state index is -4.59. The fourth-order valence-corrected chi connectivity index (χ4v) is 1.97. The molecule has 2 N–H and O–H groups in total. The van der Waals surface area contributed by atoms with E-state index < -0.39 is 29.2 Å². The van der Waals surface area contributed by atoms with E-state index in [1.807, 2.05) is 0 Å². The van der Waals surface area contributed by atoms with Crippen molar-refractivity contribution in [2.75, 3.05) is 25.1 Å². The monoisotopic (exact) mass is 342 g/mol. The number of hydrogen-bond acceptors (Lipinski definition) is 3. The third kappa shape index (κ3) is 5.11. The van der Waals surface area contributed by atoms with Crippen molar-refractivity contribution in [1.82, 2.24) is 5.32 Å². The van der Waals surface area contributed by atoms with Crippen LogP contribution in [0.5, 0.6) is 0 Å². The third-order valence-corrected chi connectivity index (χ3v) is 3.00. The van der Waals surface area contributed by atoms with Gasteiger partial charge >= 0.3 is 6.18 Å². The van der Waals surface area contributed by atoms with Crippen molar-refractivity contribution < 1.29 is 27.1 Å². The average molecular weight is 343 g/mol. The first kappa shape index (κ1) is 18.7. The maximum Gasteiger partial charge on any atom is 0.416 e. The van der Waals surface area contributed by atoms with Crippen LogP contribution < -0.4 is 10.6 Å². The molecule has 1 aromatic carbocycles. The van der Waals surface area contributed by atoms with Crippen LogP contribution in [-0.2, 0) is 15.7 Å². The third-order valence-electron chi connectivity index (χ3n) is 3.00. The summed E-state index contributed by atoms with van der Waals surface area (Å²) >= 11 is 0. The molecule has 0 aromatic heterocycles. The van der Waals surface area contributed by atoms with Crippen LogP contribution in [-0.4, -0.2) is 31.7 Å². The highest BCUT2D eigenvalue weighted by molar-refractivity contribution is 5.91. The molecule has 1 aliphatic heterocycles. The minimum Gasteiger partial charge on any atom is -0.378 e. The smallest absolute Gasteiger partial charge is 0.378 e. The van der Waals surface area contributed by atoms with Crippen LogP contribution in [0.1, 0.15) is 12.0 Å². The molecule has 124 valence electrons. The zero-order valence-electron chi connectivity index (χ0n) is 11.4. The highest BCUT2D eigenvalue weighted by Crippen LogP contribution is 2.31. The molecule has 0 radical (unpaired) electrons. The number of rotatable bonds is 3. The first-order valence-electron chi connectivity index (χ1n) is 6.34. The molecule has 1 aromatic rings. The van der Waals surface area contributed by atoms with E-state index in [2.05, 4.69) is 10.6 Å². The summed E-state index contributed by atoms with van der Waals surface area (Å²) in [7, 11) is 0. The van der Waals surface area contributed by atoms with Crippen LogP contribution in [0.15, 0.2) is 18.2 Å². The van der Waals surface area contributed by atoms with Crippen molar-refractivity contribution in [3.05, 3.63) is 29.6 Å². The molecule has 1 unspecified atom stereocenters. The summed E-state index contributed by atoms with van der Waals surface area (Å²) in [5, 5.41) is 5.19. The Bertz CT molecular complexity index is 519. The van der Waals surface area contributed by atoms with Crippen molar-refractivity contribution in [1.29, 1.82) is 0 Å². The van der Waals surface area contributed by atoms with Gasteiger partial charge in [-0.15, -0.1) is 12.4 Å². The fraction of sp³-hybridized carbons (Fsp3) is 0.462. The number of morpholine rings is 1. The van der Waals surface area contributed by atoms with E-state index >= 15 is 0 Å². The number of ether oxygens (including phenoxy) is 1. The maximum atomic E-state index is 13.5. The van der Waals surface area contributed by atoms with Crippen molar-refractivity contribution in [2.24, 2.45) is 0 Å². The molecule has 1 atom stereocenters. The van der Waals surface area contributed by atoms with Crippen molar-refractivity contribution >= 4 is 24.0 Å². The first-order chi connectivity index (χ1) is 9.86. The second-order valence-electron chi connectivity index (χ2n) is 4.67. The van der Waals surface area contributed by atoms with E-state index in [4.69, 9.17) is 4.74 Å². The van der Waals surface area contributed by atoms with Crippen LogP contribution >= 0.6 is 12.4 Å². The van der Waals surface area contributed by atoms with E-state index in [-0.39, 0.29) is 24.9 Å². The van der Waals surface area contributed by atoms with E-state index in [1.165, 1.54) is 0 Å². The predicted molar refractivity (Wildman–Crippen MR) is 74.5 cm³/mol. The topological polar surface area (TPSA) is 50.4 Å². The predicted octanol–water partition coefficient (Wildman–Crippen LogP) is 2.58. The lowest BCUT2D eigenvalue weighted by molar-refractivity contribution is -0.137. The van der Waals surface area contributed by atoms with Gasteiger partial charge in [0.25, 0.3) is 0 Å². The molecule has 9 heteroatoms. The quantitative estimate of drug-likeness (QED) is 0.830. The summed E-state index contributed by atoms with van der Waals surface area (Å²) in [4.78, 5) is 11.7. The Labute approximate surface area is 130 Å². The van der Waals surface area contributed by atoms with Crippen LogP contribution in [0.2, 0.25) is 0 Å². The van der Waals surface area contributed by atoms with Gasteiger partial charge in [0.1, 0.15) is 5.82 Å². The van der Waals surface area contributed by atoms with Gasteiger partial charge in [-0.05, 0) is 18.2 Å². The Morgan fingerprint density at radius 2 is 2.14 bits per heavy atom. The number of halogens is 5. The van der Waals surface area contributed by atoms with Gasteiger partial charge in [-0.3, -0.25) is 4.79 Å². The van der Waals surface area contributed by atoms with E-state index in [0.717, 1.165) is 0 Å². The van der Waals surface area contributed by atoms with E-state index in [1.54, 1.807) is 0 Å². The molecular weight excluding hydrogens is 328 g/mol. The molecule has 2 rings (SSSR count). The molecule has 22 heavy (non-hydrogen) atoms. The number of amides is 1. The molecule has 1 saturated heterocycles. The molecule has 0 spiro atoms. The standard InChI is InChI=1S/C13H14F4N2O2.ClH/c14-10-2-1-8(13(15,16)17)5-11(10)19-12(20)6-9-7-21-4-3-18-9;/h1-2,5,9,18H,3-4,6-7H2,(H,19,20);1H. The second-order valence-corrected chi connectivity index (χ2v) is 4.67.